The molecule has 2 aromatic heterocycles. The monoisotopic (exact) mass is 246 g/mol. The highest BCUT2D eigenvalue weighted by molar-refractivity contribution is 7.14. The van der Waals surface area contributed by atoms with Gasteiger partial charge in [-0.3, -0.25) is 0 Å². The normalized spacial score (nSPS) is 14.4. The fraction of sp³-hybridized carbons (Fsp3) is 0.333. The van der Waals surface area contributed by atoms with E-state index in [0.29, 0.717) is 0 Å². The van der Waals surface area contributed by atoms with E-state index in [9.17, 15) is 0 Å². The maximum atomic E-state index is 4.52. The van der Waals surface area contributed by atoms with Crippen LogP contribution in [0.4, 0.5) is 10.8 Å². The van der Waals surface area contributed by atoms with E-state index in [0.717, 1.165) is 36.2 Å². The second-order valence-corrected chi connectivity index (χ2v) is 5.02. The summed E-state index contributed by atoms with van der Waals surface area (Å²) in [5, 5.41) is 9.92. The molecule has 0 saturated heterocycles. The number of nitrogens with one attached hydrogen (secondary N) is 2. The van der Waals surface area contributed by atoms with Crippen LogP contribution in [0.15, 0.2) is 17.5 Å². The van der Waals surface area contributed by atoms with E-state index < -0.39 is 0 Å². The lowest BCUT2D eigenvalue weighted by molar-refractivity contribution is 0.625. The summed E-state index contributed by atoms with van der Waals surface area (Å²) >= 11 is 1.68. The van der Waals surface area contributed by atoms with Gasteiger partial charge >= 0.3 is 0 Å². The molecule has 1 aliphatic rings. The van der Waals surface area contributed by atoms with Crippen LogP contribution in [0, 0.1) is 6.92 Å². The van der Waals surface area contributed by atoms with E-state index in [1.54, 1.807) is 11.3 Å². The van der Waals surface area contributed by atoms with Crippen molar-refractivity contribution in [3.63, 3.8) is 0 Å². The van der Waals surface area contributed by atoms with Crippen molar-refractivity contribution in [2.75, 3.05) is 11.9 Å². The SMILES string of the molecule is Cc1nc2c(c(Nc3cccs3)n1)CNCC2. The minimum atomic E-state index is 0.838. The minimum Gasteiger partial charge on any atom is -0.332 e. The van der Waals surface area contributed by atoms with Crippen LogP contribution >= 0.6 is 11.3 Å². The maximum absolute atomic E-state index is 4.52. The van der Waals surface area contributed by atoms with Gasteiger partial charge in [0.05, 0.1) is 10.7 Å². The van der Waals surface area contributed by atoms with Crippen molar-refractivity contribution >= 4 is 22.2 Å². The Kier molecular flexibility index (Phi) is 2.78. The van der Waals surface area contributed by atoms with Gasteiger partial charge in [-0.05, 0) is 24.4 Å². The zero-order valence-electron chi connectivity index (χ0n) is 9.66. The number of aromatic nitrogens is 2. The molecule has 2 N–H and O–H groups in total. The molecule has 2 aromatic rings. The van der Waals surface area contributed by atoms with Crippen LogP contribution in [-0.2, 0) is 13.0 Å². The number of hydrogen-bond donors (Lipinski definition) is 2. The molecule has 0 radical (unpaired) electrons. The van der Waals surface area contributed by atoms with Crippen molar-refractivity contribution < 1.29 is 0 Å². The molecule has 0 spiro atoms. The lowest BCUT2D eigenvalue weighted by Gasteiger charge is -2.19. The first kappa shape index (κ1) is 10.7. The van der Waals surface area contributed by atoms with Gasteiger partial charge < -0.3 is 10.6 Å². The van der Waals surface area contributed by atoms with Crippen LogP contribution in [-0.4, -0.2) is 16.5 Å². The predicted molar refractivity (Wildman–Crippen MR) is 69.8 cm³/mol. The fourth-order valence-electron chi connectivity index (χ4n) is 2.04. The van der Waals surface area contributed by atoms with Crippen molar-refractivity contribution in [2.24, 2.45) is 0 Å². The quantitative estimate of drug-likeness (QED) is 0.853. The molecule has 0 atom stereocenters. The molecule has 88 valence electrons. The highest BCUT2D eigenvalue weighted by Crippen LogP contribution is 2.25. The Balaban J connectivity index is 2.00. The van der Waals surface area contributed by atoms with Crippen LogP contribution in [0.25, 0.3) is 0 Å². The third-order valence-corrected chi connectivity index (χ3v) is 3.59. The molecule has 0 bridgehead atoms. The van der Waals surface area contributed by atoms with Crippen molar-refractivity contribution in [3.05, 3.63) is 34.6 Å². The summed E-state index contributed by atoms with van der Waals surface area (Å²) in [4.78, 5) is 9.02. The summed E-state index contributed by atoms with van der Waals surface area (Å²) in [6, 6.07) is 4.09. The first-order valence-corrected chi connectivity index (χ1v) is 6.58. The lowest BCUT2D eigenvalue weighted by atomic mass is 10.1. The number of nitrogens with zero attached hydrogens (tertiary/aromatic N) is 2. The van der Waals surface area contributed by atoms with Crippen LogP contribution in [0.1, 0.15) is 17.1 Å². The summed E-state index contributed by atoms with van der Waals surface area (Å²) in [5.41, 5.74) is 2.38. The van der Waals surface area contributed by atoms with Crippen molar-refractivity contribution in [2.45, 2.75) is 19.9 Å². The molecule has 1 aliphatic heterocycles. The molecule has 3 heterocycles. The number of rotatable bonds is 2. The number of aryl methyl sites for hydroxylation is 1. The van der Waals surface area contributed by atoms with Gasteiger partial charge in [-0.1, -0.05) is 0 Å². The molecule has 0 amide bonds. The molecule has 5 heteroatoms. The smallest absolute Gasteiger partial charge is 0.139 e. The summed E-state index contributed by atoms with van der Waals surface area (Å²) in [6.45, 7) is 3.80. The first-order valence-electron chi connectivity index (χ1n) is 5.70. The van der Waals surface area contributed by atoms with Gasteiger partial charge in [0.15, 0.2) is 0 Å². The first-order chi connectivity index (χ1) is 8.33. The van der Waals surface area contributed by atoms with Gasteiger partial charge in [0.1, 0.15) is 11.6 Å². The van der Waals surface area contributed by atoms with Gasteiger partial charge in [0, 0.05) is 25.1 Å². The van der Waals surface area contributed by atoms with Crippen LogP contribution in [0.2, 0.25) is 0 Å². The molecule has 17 heavy (non-hydrogen) atoms. The second kappa shape index (κ2) is 4.43. The summed E-state index contributed by atoms with van der Waals surface area (Å²) in [7, 11) is 0. The largest absolute Gasteiger partial charge is 0.332 e. The van der Waals surface area contributed by atoms with Crippen molar-refractivity contribution in [1.82, 2.24) is 15.3 Å². The number of anilines is 2. The van der Waals surface area contributed by atoms with Gasteiger partial charge in [0.25, 0.3) is 0 Å². The van der Waals surface area contributed by atoms with E-state index >= 15 is 0 Å². The molecular formula is C12H14N4S. The number of thiophene rings is 1. The third-order valence-electron chi connectivity index (χ3n) is 2.81. The summed E-state index contributed by atoms with van der Waals surface area (Å²) in [6.07, 6.45) is 0.984. The van der Waals surface area contributed by atoms with Gasteiger partial charge in [0.2, 0.25) is 0 Å². The average molecular weight is 246 g/mol. The molecular weight excluding hydrogens is 232 g/mol. The molecule has 0 aliphatic carbocycles. The maximum Gasteiger partial charge on any atom is 0.139 e. The highest BCUT2D eigenvalue weighted by atomic mass is 32.1. The molecule has 0 aromatic carbocycles. The lowest BCUT2D eigenvalue weighted by Crippen LogP contribution is -2.26. The Morgan fingerprint density at radius 1 is 1.41 bits per heavy atom. The van der Waals surface area contributed by atoms with E-state index in [4.69, 9.17) is 0 Å². The average Bonchev–Trinajstić information content (AvgIpc) is 2.81. The van der Waals surface area contributed by atoms with E-state index in [1.165, 1.54) is 11.3 Å². The second-order valence-electron chi connectivity index (χ2n) is 4.07. The van der Waals surface area contributed by atoms with Crippen molar-refractivity contribution in [3.8, 4) is 0 Å². The van der Waals surface area contributed by atoms with Crippen LogP contribution < -0.4 is 10.6 Å². The Bertz CT molecular complexity index is 522. The molecule has 0 saturated carbocycles. The zero-order valence-corrected chi connectivity index (χ0v) is 10.5. The standard InChI is InChI=1S/C12H14N4S/c1-8-14-10-4-5-13-7-9(10)12(15-8)16-11-3-2-6-17-11/h2-3,6,13H,4-5,7H2,1H3,(H,14,15,16). The number of fused-ring (bicyclic) bond motifs is 1. The van der Waals surface area contributed by atoms with E-state index in [2.05, 4.69) is 32.0 Å². The van der Waals surface area contributed by atoms with Crippen LogP contribution in [0.3, 0.4) is 0 Å². The highest BCUT2D eigenvalue weighted by Gasteiger charge is 2.16. The van der Waals surface area contributed by atoms with Crippen LogP contribution in [0.5, 0.6) is 0 Å². The molecule has 0 unspecified atom stereocenters. The van der Waals surface area contributed by atoms with E-state index in [-0.39, 0.29) is 0 Å². The van der Waals surface area contributed by atoms with Gasteiger partial charge in [-0.25, -0.2) is 9.97 Å². The molecule has 0 fully saturated rings. The topological polar surface area (TPSA) is 49.8 Å². The predicted octanol–water partition coefficient (Wildman–Crippen LogP) is 2.24. The van der Waals surface area contributed by atoms with Gasteiger partial charge in [-0.2, -0.15) is 0 Å². The molecule has 3 rings (SSSR count). The Morgan fingerprint density at radius 2 is 2.35 bits per heavy atom. The Labute approximate surface area is 104 Å². The molecule has 4 nitrogen and oxygen atoms in total. The Hall–Kier alpha value is -1.46. The van der Waals surface area contributed by atoms with Crippen molar-refractivity contribution in [1.29, 1.82) is 0 Å². The third kappa shape index (κ3) is 2.16. The zero-order chi connectivity index (χ0) is 11.7. The minimum absolute atomic E-state index is 0.838. The summed E-state index contributed by atoms with van der Waals surface area (Å²) in [5.74, 6) is 1.78. The van der Waals surface area contributed by atoms with E-state index in [1.807, 2.05) is 13.0 Å². The summed E-state index contributed by atoms with van der Waals surface area (Å²) < 4.78 is 0. The fourth-order valence-corrected chi connectivity index (χ4v) is 2.65. The number of hydrogen-bond acceptors (Lipinski definition) is 5. The van der Waals surface area contributed by atoms with Gasteiger partial charge in [-0.15, -0.1) is 11.3 Å². The Morgan fingerprint density at radius 3 is 3.18 bits per heavy atom.